The molecular formula is C7H8F3IO2. The highest BCUT2D eigenvalue weighted by Gasteiger charge is 2.43. The molecule has 1 fully saturated rings. The van der Waals surface area contributed by atoms with Crippen molar-refractivity contribution < 1.29 is 22.7 Å². The smallest absolute Gasteiger partial charge is 0.455 e. The average molecular weight is 308 g/mol. The van der Waals surface area contributed by atoms with E-state index in [1.165, 1.54) is 0 Å². The van der Waals surface area contributed by atoms with Crippen LogP contribution in [-0.4, -0.2) is 22.2 Å². The Morgan fingerprint density at radius 1 is 1.38 bits per heavy atom. The average Bonchev–Trinajstić information content (AvgIpc) is 2.34. The first kappa shape index (κ1) is 11.1. The van der Waals surface area contributed by atoms with Crippen LogP contribution < -0.4 is 0 Å². The van der Waals surface area contributed by atoms with E-state index in [0.717, 1.165) is 12.8 Å². The molecule has 6 heteroatoms. The zero-order chi connectivity index (χ0) is 10.1. The maximum atomic E-state index is 11.8. The van der Waals surface area contributed by atoms with E-state index in [0.29, 0.717) is 6.42 Å². The standard InChI is InChI=1S/C7H8F3IO2/c8-7(9,10)6(12)13-5-3-1-2-4(5)11/h4-5H,1-3H2/t4-,5-/m1/s1. The molecule has 0 spiro atoms. The van der Waals surface area contributed by atoms with E-state index in [9.17, 15) is 18.0 Å². The van der Waals surface area contributed by atoms with Crippen LogP contribution in [0, 0.1) is 0 Å². The Bertz CT molecular complexity index is 204. The highest BCUT2D eigenvalue weighted by Crippen LogP contribution is 2.30. The summed E-state index contributed by atoms with van der Waals surface area (Å²) >= 11 is 2.01. The SMILES string of the molecule is O=C(O[C@@H]1CCC[C@H]1I)C(F)(F)F. The molecule has 1 saturated carbocycles. The van der Waals surface area contributed by atoms with Gasteiger partial charge in [-0.25, -0.2) is 4.79 Å². The number of carbonyl (C=O) groups is 1. The van der Waals surface area contributed by atoms with Crippen LogP contribution in [0.2, 0.25) is 0 Å². The van der Waals surface area contributed by atoms with Crippen LogP contribution >= 0.6 is 22.6 Å². The Kier molecular flexibility index (Phi) is 3.42. The summed E-state index contributed by atoms with van der Waals surface area (Å²) in [6.07, 6.45) is -3.25. The van der Waals surface area contributed by atoms with E-state index < -0.39 is 18.2 Å². The van der Waals surface area contributed by atoms with Crippen molar-refractivity contribution in [1.82, 2.24) is 0 Å². The Balaban J connectivity index is 2.45. The van der Waals surface area contributed by atoms with E-state index in [2.05, 4.69) is 4.74 Å². The largest absolute Gasteiger partial charge is 0.490 e. The van der Waals surface area contributed by atoms with E-state index >= 15 is 0 Å². The number of halogens is 4. The number of alkyl halides is 4. The second-order valence-corrected chi connectivity index (χ2v) is 4.49. The van der Waals surface area contributed by atoms with Crippen molar-refractivity contribution in [3.05, 3.63) is 0 Å². The summed E-state index contributed by atoms with van der Waals surface area (Å²) in [4.78, 5) is 10.4. The molecule has 1 rings (SSSR count). The Hall–Kier alpha value is -0.0100. The quantitative estimate of drug-likeness (QED) is 0.422. The normalized spacial score (nSPS) is 28.9. The Morgan fingerprint density at radius 3 is 2.38 bits per heavy atom. The fraction of sp³-hybridized carbons (Fsp3) is 0.857. The number of hydrogen-bond acceptors (Lipinski definition) is 2. The first-order valence-electron chi connectivity index (χ1n) is 3.83. The maximum absolute atomic E-state index is 11.8. The maximum Gasteiger partial charge on any atom is 0.490 e. The van der Waals surface area contributed by atoms with Gasteiger partial charge in [0.25, 0.3) is 0 Å². The molecule has 0 amide bonds. The van der Waals surface area contributed by atoms with Crippen LogP contribution in [0.25, 0.3) is 0 Å². The van der Waals surface area contributed by atoms with E-state index in [1.807, 2.05) is 22.6 Å². The molecule has 13 heavy (non-hydrogen) atoms. The third kappa shape index (κ3) is 2.99. The third-order valence-corrected chi connectivity index (χ3v) is 3.29. The second-order valence-electron chi connectivity index (χ2n) is 2.89. The minimum Gasteiger partial charge on any atom is -0.455 e. The summed E-state index contributed by atoms with van der Waals surface area (Å²) < 4.78 is 39.6. The number of carbonyl (C=O) groups excluding carboxylic acids is 1. The van der Waals surface area contributed by atoms with Crippen LogP contribution in [0.15, 0.2) is 0 Å². The van der Waals surface area contributed by atoms with Crippen molar-refractivity contribution in [3.8, 4) is 0 Å². The van der Waals surface area contributed by atoms with E-state index in [4.69, 9.17) is 0 Å². The number of rotatable bonds is 1. The molecule has 0 aliphatic heterocycles. The van der Waals surface area contributed by atoms with Gasteiger partial charge in [-0.15, -0.1) is 0 Å². The second kappa shape index (κ2) is 4.02. The van der Waals surface area contributed by atoms with Gasteiger partial charge in [-0.2, -0.15) is 13.2 Å². The predicted molar refractivity (Wildman–Crippen MR) is 47.6 cm³/mol. The summed E-state index contributed by atoms with van der Waals surface area (Å²) in [7, 11) is 0. The first-order valence-corrected chi connectivity index (χ1v) is 5.07. The van der Waals surface area contributed by atoms with E-state index in [-0.39, 0.29) is 3.92 Å². The number of esters is 1. The number of hydrogen-bond donors (Lipinski definition) is 0. The molecule has 0 saturated heterocycles. The fourth-order valence-corrected chi connectivity index (χ4v) is 2.16. The highest BCUT2D eigenvalue weighted by atomic mass is 127. The van der Waals surface area contributed by atoms with Gasteiger partial charge in [0.05, 0.1) is 0 Å². The summed E-state index contributed by atoms with van der Waals surface area (Å²) in [6, 6.07) is 0. The lowest BCUT2D eigenvalue weighted by atomic mass is 10.3. The van der Waals surface area contributed by atoms with Crippen LogP contribution in [0.3, 0.4) is 0 Å². The van der Waals surface area contributed by atoms with E-state index in [1.54, 1.807) is 0 Å². The van der Waals surface area contributed by atoms with Gasteiger partial charge in [-0.05, 0) is 19.3 Å². The van der Waals surface area contributed by atoms with Crippen LogP contribution in [0.4, 0.5) is 13.2 Å². The lowest BCUT2D eigenvalue weighted by molar-refractivity contribution is -0.204. The minimum atomic E-state index is -4.86. The number of ether oxygens (including phenoxy) is 1. The van der Waals surface area contributed by atoms with Crippen molar-refractivity contribution in [2.24, 2.45) is 0 Å². The molecule has 0 bridgehead atoms. The predicted octanol–water partition coefficient (Wildman–Crippen LogP) is 2.45. The molecule has 2 nitrogen and oxygen atoms in total. The molecule has 76 valence electrons. The van der Waals surface area contributed by atoms with Gasteiger partial charge in [0.2, 0.25) is 0 Å². The van der Waals surface area contributed by atoms with Crippen molar-refractivity contribution in [2.75, 3.05) is 0 Å². The van der Waals surface area contributed by atoms with Gasteiger partial charge >= 0.3 is 12.1 Å². The highest BCUT2D eigenvalue weighted by molar-refractivity contribution is 14.1. The molecule has 0 heterocycles. The molecule has 0 unspecified atom stereocenters. The molecule has 2 atom stereocenters. The third-order valence-electron chi connectivity index (χ3n) is 1.86. The van der Waals surface area contributed by atoms with Crippen molar-refractivity contribution in [3.63, 3.8) is 0 Å². The molecule has 0 aromatic heterocycles. The zero-order valence-electron chi connectivity index (χ0n) is 6.60. The molecule has 0 N–H and O–H groups in total. The Morgan fingerprint density at radius 2 is 2.00 bits per heavy atom. The Labute approximate surface area is 87.0 Å². The van der Waals surface area contributed by atoms with Crippen LogP contribution in [0.1, 0.15) is 19.3 Å². The topological polar surface area (TPSA) is 26.3 Å². The molecule has 1 aliphatic carbocycles. The van der Waals surface area contributed by atoms with Gasteiger partial charge in [0, 0.05) is 3.92 Å². The van der Waals surface area contributed by atoms with Crippen molar-refractivity contribution in [1.29, 1.82) is 0 Å². The lowest BCUT2D eigenvalue weighted by Crippen LogP contribution is -2.31. The van der Waals surface area contributed by atoms with Crippen molar-refractivity contribution in [2.45, 2.75) is 35.5 Å². The molecule has 0 aromatic carbocycles. The first-order chi connectivity index (χ1) is 5.91. The van der Waals surface area contributed by atoms with Crippen LogP contribution in [0.5, 0.6) is 0 Å². The van der Waals surface area contributed by atoms with Crippen LogP contribution in [-0.2, 0) is 9.53 Å². The zero-order valence-corrected chi connectivity index (χ0v) is 8.76. The molecular weight excluding hydrogens is 300 g/mol. The summed E-state index contributed by atoms with van der Waals surface area (Å²) in [6.45, 7) is 0. The van der Waals surface area contributed by atoms with Gasteiger partial charge in [0.1, 0.15) is 6.10 Å². The lowest BCUT2D eigenvalue weighted by Gasteiger charge is -2.16. The monoisotopic (exact) mass is 308 g/mol. The van der Waals surface area contributed by atoms with Crippen molar-refractivity contribution >= 4 is 28.6 Å². The summed E-state index contributed by atoms with van der Waals surface area (Å²) in [5, 5.41) is 0. The van der Waals surface area contributed by atoms with Gasteiger partial charge < -0.3 is 4.74 Å². The van der Waals surface area contributed by atoms with Gasteiger partial charge in [-0.1, -0.05) is 22.6 Å². The minimum absolute atomic E-state index is 0.0175. The van der Waals surface area contributed by atoms with Gasteiger partial charge in [0.15, 0.2) is 0 Å². The summed E-state index contributed by atoms with van der Waals surface area (Å²) in [5.41, 5.74) is 0. The summed E-state index contributed by atoms with van der Waals surface area (Å²) in [5.74, 6) is -2.07. The molecule has 0 aromatic rings. The molecule has 0 radical (unpaired) electrons. The molecule has 1 aliphatic rings. The van der Waals surface area contributed by atoms with Gasteiger partial charge in [-0.3, -0.25) is 0 Å². The fourth-order valence-electron chi connectivity index (χ4n) is 1.22.